The number of benzene rings is 1. The summed E-state index contributed by atoms with van der Waals surface area (Å²) in [5.74, 6) is -6.03. The summed E-state index contributed by atoms with van der Waals surface area (Å²) in [6.45, 7) is -2.04. The number of hydrogen-bond donors (Lipinski definition) is 1. The van der Waals surface area contributed by atoms with Crippen molar-refractivity contribution in [2.24, 2.45) is 10.7 Å². The van der Waals surface area contributed by atoms with E-state index in [9.17, 15) is 31.1 Å². The smallest absolute Gasteiger partial charge is 0.422 e. The summed E-state index contributed by atoms with van der Waals surface area (Å²) in [7, 11) is 0. The summed E-state index contributed by atoms with van der Waals surface area (Å²) in [6.07, 6.45) is -3.91. The van der Waals surface area contributed by atoms with Gasteiger partial charge in [0.1, 0.15) is 36.3 Å². The molecule has 0 radical (unpaired) electrons. The molecule has 6 nitrogen and oxygen atoms in total. The SMILES string of the molecule is C[C@]1(c2cc(CC(=O)c3ncccc3OCC(F)(F)F)ccc2F)N=C(N)COCC1(F)F. The maximum absolute atomic E-state index is 14.8. The molecule has 0 fully saturated rings. The van der Waals surface area contributed by atoms with Crippen molar-refractivity contribution in [3.8, 4) is 5.75 Å². The zero-order valence-corrected chi connectivity index (χ0v) is 17.3. The fourth-order valence-electron chi connectivity index (χ4n) is 3.28. The molecule has 0 unspecified atom stereocenters. The molecule has 1 atom stereocenters. The van der Waals surface area contributed by atoms with Gasteiger partial charge in [-0.2, -0.15) is 13.2 Å². The first kappa shape index (κ1) is 24.5. The molecule has 1 aliphatic heterocycles. The van der Waals surface area contributed by atoms with Gasteiger partial charge in [-0.3, -0.25) is 9.79 Å². The molecule has 0 aliphatic carbocycles. The lowest BCUT2D eigenvalue weighted by molar-refractivity contribution is -0.153. The Balaban J connectivity index is 1.93. The normalized spacial score (nSPS) is 20.6. The minimum atomic E-state index is -4.63. The maximum atomic E-state index is 14.8. The number of amidine groups is 1. The van der Waals surface area contributed by atoms with Gasteiger partial charge >= 0.3 is 6.18 Å². The van der Waals surface area contributed by atoms with Gasteiger partial charge in [0.2, 0.25) is 0 Å². The molecule has 0 amide bonds. The van der Waals surface area contributed by atoms with Gasteiger partial charge in [-0.15, -0.1) is 0 Å². The molecule has 2 aromatic rings. The zero-order valence-electron chi connectivity index (χ0n) is 17.3. The second kappa shape index (κ2) is 9.00. The molecular weight excluding hydrogens is 456 g/mol. The van der Waals surface area contributed by atoms with Crippen molar-refractivity contribution >= 4 is 11.6 Å². The molecule has 0 saturated carbocycles. The van der Waals surface area contributed by atoms with Crippen LogP contribution < -0.4 is 10.5 Å². The fraction of sp³-hybridized carbons (Fsp3) is 0.381. The quantitative estimate of drug-likeness (QED) is 0.507. The average Bonchev–Trinajstić information content (AvgIpc) is 2.82. The number of carbonyl (C=O) groups is 1. The molecule has 2 heterocycles. The lowest BCUT2D eigenvalue weighted by Crippen LogP contribution is -2.45. The molecule has 2 N–H and O–H groups in total. The van der Waals surface area contributed by atoms with Crippen molar-refractivity contribution < 1.29 is 40.6 Å². The van der Waals surface area contributed by atoms with Crippen LogP contribution in [0.2, 0.25) is 0 Å². The third kappa shape index (κ3) is 5.44. The van der Waals surface area contributed by atoms with Crippen LogP contribution in [0.1, 0.15) is 28.5 Å². The van der Waals surface area contributed by atoms with Crippen molar-refractivity contribution in [2.45, 2.75) is 31.0 Å². The van der Waals surface area contributed by atoms with E-state index in [0.29, 0.717) is 0 Å². The van der Waals surface area contributed by atoms with Gasteiger partial charge in [0.15, 0.2) is 17.9 Å². The van der Waals surface area contributed by atoms with Gasteiger partial charge < -0.3 is 15.2 Å². The number of aliphatic imine (C=N–C) groups is 1. The van der Waals surface area contributed by atoms with Crippen LogP contribution in [-0.4, -0.2) is 48.5 Å². The number of carbonyl (C=O) groups excluding carboxylic acids is 1. The van der Waals surface area contributed by atoms with E-state index in [0.717, 1.165) is 25.1 Å². The van der Waals surface area contributed by atoms with Crippen molar-refractivity contribution in [2.75, 3.05) is 19.8 Å². The summed E-state index contributed by atoms with van der Waals surface area (Å²) in [6, 6.07) is 5.57. The van der Waals surface area contributed by atoms with E-state index in [-0.39, 0.29) is 29.4 Å². The van der Waals surface area contributed by atoms with Crippen LogP contribution in [0, 0.1) is 5.82 Å². The van der Waals surface area contributed by atoms with Crippen LogP contribution in [0.4, 0.5) is 26.3 Å². The predicted molar refractivity (Wildman–Crippen MR) is 105 cm³/mol. The fourth-order valence-corrected chi connectivity index (χ4v) is 3.28. The number of ketones is 1. The number of halogens is 6. The zero-order chi connectivity index (χ0) is 24.4. The van der Waals surface area contributed by atoms with E-state index in [1.807, 2.05) is 0 Å². The molecule has 0 bridgehead atoms. The second-order valence-electron chi connectivity index (χ2n) is 7.54. The minimum absolute atomic E-state index is 0.111. The van der Waals surface area contributed by atoms with Crippen molar-refractivity contribution in [3.05, 3.63) is 59.2 Å². The lowest BCUT2D eigenvalue weighted by atomic mass is 9.84. The number of Topliss-reactive ketones (excluding diaryl/α,β-unsaturated/α-hetero) is 1. The van der Waals surface area contributed by atoms with E-state index < -0.39 is 54.4 Å². The number of hydrogen-bond acceptors (Lipinski definition) is 6. The molecule has 178 valence electrons. The first-order chi connectivity index (χ1) is 15.3. The summed E-state index contributed by atoms with van der Waals surface area (Å²) in [5, 5.41) is 0. The molecule has 1 aromatic carbocycles. The maximum Gasteiger partial charge on any atom is 0.422 e. The Morgan fingerprint density at radius 3 is 2.70 bits per heavy atom. The first-order valence-corrected chi connectivity index (χ1v) is 9.59. The molecule has 0 spiro atoms. The van der Waals surface area contributed by atoms with Gasteiger partial charge in [-0.1, -0.05) is 6.07 Å². The van der Waals surface area contributed by atoms with Crippen LogP contribution in [0.25, 0.3) is 0 Å². The van der Waals surface area contributed by atoms with E-state index in [1.165, 1.54) is 18.3 Å². The molecule has 12 heteroatoms. The van der Waals surface area contributed by atoms with Crippen molar-refractivity contribution in [3.63, 3.8) is 0 Å². The highest BCUT2D eigenvalue weighted by Crippen LogP contribution is 2.43. The van der Waals surface area contributed by atoms with Crippen molar-refractivity contribution in [1.82, 2.24) is 4.98 Å². The van der Waals surface area contributed by atoms with Gasteiger partial charge in [-0.25, -0.2) is 18.2 Å². The summed E-state index contributed by atoms with van der Waals surface area (Å²) in [4.78, 5) is 20.3. The van der Waals surface area contributed by atoms with E-state index in [2.05, 4.69) is 14.7 Å². The van der Waals surface area contributed by atoms with E-state index in [1.54, 1.807) is 0 Å². The summed E-state index contributed by atoms with van der Waals surface area (Å²) >= 11 is 0. The van der Waals surface area contributed by atoms with Gasteiger partial charge in [-0.05, 0) is 36.8 Å². The highest BCUT2D eigenvalue weighted by Gasteiger charge is 2.54. The number of rotatable bonds is 6. The molecule has 1 aromatic heterocycles. The number of aromatic nitrogens is 1. The summed E-state index contributed by atoms with van der Waals surface area (Å²) < 4.78 is 91.1. The Hall–Kier alpha value is -3.15. The molecular formula is C21H19F6N3O3. The number of alkyl halides is 5. The van der Waals surface area contributed by atoms with Crippen LogP contribution in [-0.2, 0) is 16.7 Å². The van der Waals surface area contributed by atoms with Gasteiger partial charge in [0, 0.05) is 18.2 Å². The minimum Gasteiger partial charge on any atom is -0.482 e. The Morgan fingerprint density at radius 2 is 2.00 bits per heavy atom. The average molecular weight is 475 g/mol. The Kier molecular flexibility index (Phi) is 6.68. The molecule has 3 rings (SSSR count). The lowest BCUT2D eigenvalue weighted by Gasteiger charge is -2.33. The standard InChI is InChI=1S/C21H19F6N3O3/c1-19(20(23,24)10-32-9-17(28)30-19)13-7-12(4-5-14(13)22)8-15(31)18-16(3-2-6-29-18)33-11-21(25,26)27/h2-7H,8-11H2,1H3,(H2,28,30)/t19-/m1/s1. The van der Waals surface area contributed by atoms with E-state index >= 15 is 0 Å². The largest absolute Gasteiger partial charge is 0.482 e. The number of pyridine rings is 1. The molecule has 1 aliphatic rings. The van der Waals surface area contributed by atoms with Crippen molar-refractivity contribution in [1.29, 1.82) is 0 Å². The molecule has 33 heavy (non-hydrogen) atoms. The number of ether oxygens (including phenoxy) is 2. The monoisotopic (exact) mass is 475 g/mol. The van der Waals surface area contributed by atoms with Crippen LogP contribution >= 0.6 is 0 Å². The van der Waals surface area contributed by atoms with Crippen LogP contribution in [0.15, 0.2) is 41.5 Å². The highest BCUT2D eigenvalue weighted by atomic mass is 19.4. The van der Waals surface area contributed by atoms with E-state index in [4.69, 9.17) is 10.5 Å². The topological polar surface area (TPSA) is 86.8 Å². The number of nitrogens with two attached hydrogens (primary N) is 1. The number of nitrogens with zero attached hydrogens (tertiary/aromatic N) is 2. The first-order valence-electron chi connectivity index (χ1n) is 9.59. The third-order valence-corrected chi connectivity index (χ3v) is 4.96. The van der Waals surface area contributed by atoms with Crippen LogP contribution in [0.5, 0.6) is 5.75 Å². The summed E-state index contributed by atoms with van der Waals surface area (Å²) in [5.41, 5.74) is 2.41. The highest BCUT2D eigenvalue weighted by molar-refractivity contribution is 5.98. The van der Waals surface area contributed by atoms with Crippen LogP contribution in [0.3, 0.4) is 0 Å². The Morgan fingerprint density at radius 1 is 1.27 bits per heavy atom. The molecule has 0 saturated heterocycles. The third-order valence-electron chi connectivity index (χ3n) is 4.96. The van der Waals surface area contributed by atoms with Gasteiger partial charge in [0.05, 0.1) is 0 Å². The Labute approximate surface area is 184 Å². The predicted octanol–water partition coefficient (Wildman–Crippen LogP) is 3.83. The second-order valence-corrected chi connectivity index (χ2v) is 7.54. The Bertz CT molecular complexity index is 1070. The van der Waals surface area contributed by atoms with Gasteiger partial charge in [0.25, 0.3) is 5.92 Å².